The van der Waals surface area contributed by atoms with Gasteiger partial charge in [0.05, 0.1) is 23.1 Å². The lowest BCUT2D eigenvalue weighted by atomic mass is 9.70. The van der Waals surface area contributed by atoms with Crippen LogP contribution in [0.25, 0.3) is 0 Å². The number of rotatable bonds is 6. The first-order chi connectivity index (χ1) is 17.1. The molecule has 0 aliphatic heterocycles. The van der Waals surface area contributed by atoms with Gasteiger partial charge in [-0.1, -0.05) is 39.8 Å². The van der Waals surface area contributed by atoms with E-state index in [0.717, 1.165) is 0 Å². The van der Waals surface area contributed by atoms with Gasteiger partial charge in [0.15, 0.2) is 11.6 Å². The number of nitrogens with one attached hydrogen (secondary N) is 1. The smallest absolute Gasteiger partial charge is 0.255 e. The minimum absolute atomic E-state index is 0.0601. The lowest BCUT2D eigenvalue weighted by Gasteiger charge is -2.37. The Morgan fingerprint density at radius 2 is 1.73 bits per heavy atom. The number of carbonyl (C=O) groups excluding carboxylic acids is 5. The molecule has 2 aliphatic carbocycles. The van der Waals surface area contributed by atoms with Gasteiger partial charge in [-0.2, -0.15) is 0 Å². The van der Waals surface area contributed by atoms with Crippen molar-refractivity contribution >= 4 is 29.2 Å². The summed E-state index contributed by atoms with van der Waals surface area (Å²) in [6.45, 7) is 7.51. The van der Waals surface area contributed by atoms with E-state index in [1.807, 2.05) is 20.8 Å². The maximum atomic E-state index is 14.1. The van der Waals surface area contributed by atoms with Gasteiger partial charge < -0.3 is 21.3 Å². The molecule has 1 aromatic carbocycles. The van der Waals surface area contributed by atoms with Crippen LogP contribution >= 0.6 is 0 Å². The highest BCUT2D eigenvalue weighted by molar-refractivity contribution is 6.32. The van der Waals surface area contributed by atoms with Gasteiger partial charge in [0.25, 0.3) is 11.8 Å². The van der Waals surface area contributed by atoms with E-state index in [1.165, 1.54) is 17.0 Å². The first kappa shape index (κ1) is 27.8. The Bertz CT molecular complexity index is 1270. The lowest BCUT2D eigenvalue weighted by Crippen LogP contribution is -2.49. The second kappa shape index (κ2) is 9.93. The maximum Gasteiger partial charge on any atom is 0.255 e. The highest BCUT2D eigenvalue weighted by Crippen LogP contribution is 2.43. The molecular weight excluding hydrogens is 478 g/mol. The first-order valence-electron chi connectivity index (χ1n) is 11.9. The second-order valence-electron chi connectivity index (χ2n) is 11.0. The van der Waals surface area contributed by atoms with Crippen molar-refractivity contribution in [3.05, 3.63) is 51.8 Å². The molecule has 10 nitrogen and oxygen atoms in total. The van der Waals surface area contributed by atoms with E-state index in [1.54, 1.807) is 27.1 Å². The van der Waals surface area contributed by atoms with Gasteiger partial charge in [0, 0.05) is 24.5 Å². The fourth-order valence-corrected chi connectivity index (χ4v) is 4.98. The summed E-state index contributed by atoms with van der Waals surface area (Å²) in [5.41, 5.74) is 4.19. The number of aliphatic hydroxyl groups excluding tert-OH is 1. The van der Waals surface area contributed by atoms with Gasteiger partial charge in [-0.05, 0) is 31.1 Å². The first-order valence-corrected chi connectivity index (χ1v) is 11.9. The number of hydrogen-bond donors (Lipinski definition) is 4. The molecule has 0 fully saturated rings. The summed E-state index contributed by atoms with van der Waals surface area (Å²) >= 11 is 0. The van der Waals surface area contributed by atoms with Crippen molar-refractivity contribution in [3.8, 4) is 5.75 Å². The molecule has 198 valence electrons. The fourth-order valence-electron chi connectivity index (χ4n) is 4.98. The van der Waals surface area contributed by atoms with Crippen LogP contribution in [-0.4, -0.2) is 71.0 Å². The molecular formula is C27H33N3O7. The van der Waals surface area contributed by atoms with Gasteiger partial charge in [0.1, 0.15) is 17.1 Å². The molecule has 0 spiro atoms. The van der Waals surface area contributed by atoms with E-state index in [-0.39, 0.29) is 28.8 Å². The van der Waals surface area contributed by atoms with Crippen LogP contribution < -0.4 is 11.1 Å². The van der Waals surface area contributed by atoms with E-state index < -0.39 is 70.4 Å². The summed E-state index contributed by atoms with van der Waals surface area (Å²) in [5.74, 6) is -7.08. The summed E-state index contributed by atoms with van der Waals surface area (Å²) in [4.78, 5) is 67.2. The number of amides is 2. The van der Waals surface area contributed by atoms with E-state index >= 15 is 0 Å². The third-order valence-electron chi connectivity index (χ3n) is 6.71. The second-order valence-corrected chi connectivity index (χ2v) is 11.0. The van der Waals surface area contributed by atoms with Crippen molar-refractivity contribution in [1.29, 1.82) is 0 Å². The number of phenolic OH excluding ortho intramolecular Hbond substituents is 1. The van der Waals surface area contributed by atoms with Crippen LogP contribution in [0.15, 0.2) is 40.7 Å². The summed E-state index contributed by atoms with van der Waals surface area (Å²) in [5, 5.41) is 23.9. The summed E-state index contributed by atoms with van der Waals surface area (Å²) < 4.78 is 0. The number of benzene rings is 1. The monoisotopic (exact) mass is 511 g/mol. The third kappa shape index (κ3) is 5.06. The van der Waals surface area contributed by atoms with E-state index in [0.29, 0.717) is 5.56 Å². The maximum absolute atomic E-state index is 14.1. The Balaban J connectivity index is 2.22. The molecule has 3 rings (SSSR count). The van der Waals surface area contributed by atoms with Crippen molar-refractivity contribution in [2.75, 3.05) is 20.6 Å². The lowest BCUT2D eigenvalue weighted by molar-refractivity contribution is -0.129. The fraction of sp³-hybridized carbons (Fsp3) is 0.444. The number of carbonyl (C=O) groups is 5. The van der Waals surface area contributed by atoms with Gasteiger partial charge >= 0.3 is 0 Å². The number of primary amides is 1. The number of nitrogens with two attached hydrogens (primary N) is 1. The number of phenols is 1. The van der Waals surface area contributed by atoms with E-state index in [4.69, 9.17) is 5.73 Å². The molecule has 1 unspecified atom stereocenters. The molecule has 0 radical (unpaired) electrons. The van der Waals surface area contributed by atoms with Gasteiger partial charge in [-0.15, -0.1) is 0 Å². The Morgan fingerprint density at radius 1 is 1.11 bits per heavy atom. The van der Waals surface area contributed by atoms with E-state index in [2.05, 4.69) is 5.32 Å². The number of Topliss-reactive ketones (excluding diaryl/α,β-unsaturated/α-hetero) is 3. The Kier molecular flexibility index (Phi) is 7.46. The molecule has 2 aliphatic rings. The van der Waals surface area contributed by atoms with Crippen LogP contribution in [-0.2, 0) is 19.2 Å². The number of likely N-dealkylation sites (N-methyl/N-ethyl adjacent to an activating group) is 1. The largest absolute Gasteiger partial charge is 0.510 e. The highest BCUT2D eigenvalue weighted by atomic mass is 16.3. The molecule has 10 heteroatoms. The molecule has 2 amide bonds. The number of nitrogens with zero attached hydrogens (tertiary/aromatic N) is 1. The van der Waals surface area contributed by atoms with Crippen molar-refractivity contribution in [3.63, 3.8) is 0 Å². The Morgan fingerprint density at radius 3 is 2.27 bits per heavy atom. The van der Waals surface area contributed by atoms with Crippen LogP contribution in [0.3, 0.4) is 0 Å². The van der Waals surface area contributed by atoms with Crippen LogP contribution in [0.2, 0.25) is 0 Å². The molecule has 0 heterocycles. The quantitative estimate of drug-likeness (QED) is 0.417. The standard InChI is InChI=1S/C27H33N3O7/c1-12-13-8-7-9-15(31)18(13)23(34)20(26(37)29-11-27(2,3)4)17(12)22(33)14-10-16(32)19(25(28)36)24(35)21(14)30(5)6/h7-9,12,14,21,31,35H,10-11H2,1-6H3,(H2,28,36)(H,29,37)/t12?,14-,21+/m1/s1. The van der Waals surface area contributed by atoms with Crippen LogP contribution in [0.1, 0.15) is 56.0 Å². The zero-order valence-corrected chi connectivity index (χ0v) is 21.8. The highest BCUT2D eigenvalue weighted by Gasteiger charge is 2.47. The molecule has 0 saturated carbocycles. The summed E-state index contributed by atoms with van der Waals surface area (Å²) in [6.07, 6.45) is -0.446. The normalized spacial score (nSPS) is 22.3. The SMILES string of the molecule is CC1C(C(=O)[C@@H]2CC(=O)C(C(N)=O)=C(O)[C@H]2N(C)C)=C(C(=O)NCC(C)(C)C)C(=O)c2c(O)cccc21. The molecule has 37 heavy (non-hydrogen) atoms. The minimum Gasteiger partial charge on any atom is -0.510 e. The van der Waals surface area contributed by atoms with Gasteiger partial charge in [-0.25, -0.2) is 0 Å². The average molecular weight is 512 g/mol. The summed E-state index contributed by atoms with van der Waals surface area (Å²) in [7, 11) is 3.12. The molecule has 0 bridgehead atoms. The predicted molar refractivity (Wildman–Crippen MR) is 135 cm³/mol. The Labute approximate surface area is 215 Å². The van der Waals surface area contributed by atoms with Crippen molar-refractivity contribution in [2.24, 2.45) is 17.1 Å². The molecule has 5 N–H and O–H groups in total. The number of fused-ring (bicyclic) bond motifs is 1. The van der Waals surface area contributed by atoms with E-state index in [9.17, 15) is 34.2 Å². The number of ketones is 3. The van der Waals surface area contributed by atoms with Crippen LogP contribution in [0, 0.1) is 11.3 Å². The molecule has 3 atom stereocenters. The number of allylic oxidation sites excluding steroid dienone is 1. The predicted octanol–water partition coefficient (Wildman–Crippen LogP) is 1.54. The van der Waals surface area contributed by atoms with Crippen molar-refractivity contribution in [1.82, 2.24) is 10.2 Å². The zero-order chi connectivity index (χ0) is 28.0. The molecule has 0 saturated heterocycles. The van der Waals surface area contributed by atoms with Crippen molar-refractivity contribution in [2.45, 2.75) is 46.1 Å². The summed E-state index contributed by atoms with van der Waals surface area (Å²) in [6, 6.07) is 3.36. The minimum atomic E-state index is -1.19. The number of aromatic hydroxyl groups is 1. The average Bonchev–Trinajstić information content (AvgIpc) is 2.77. The number of aliphatic hydroxyl groups is 1. The topological polar surface area (TPSA) is 167 Å². The van der Waals surface area contributed by atoms with Crippen molar-refractivity contribution < 1.29 is 34.2 Å². The molecule has 1 aromatic rings. The Hall–Kier alpha value is -3.79. The molecule has 0 aromatic heterocycles. The number of hydrogen-bond acceptors (Lipinski definition) is 8. The van der Waals surface area contributed by atoms with Crippen LogP contribution in [0.5, 0.6) is 5.75 Å². The third-order valence-corrected chi connectivity index (χ3v) is 6.71. The van der Waals surface area contributed by atoms with Crippen LogP contribution in [0.4, 0.5) is 0 Å². The van der Waals surface area contributed by atoms with Gasteiger partial charge in [-0.3, -0.25) is 28.9 Å². The zero-order valence-electron chi connectivity index (χ0n) is 21.8. The van der Waals surface area contributed by atoms with Gasteiger partial charge in [0.2, 0.25) is 5.78 Å².